The molecule has 0 aliphatic rings. The van der Waals surface area contributed by atoms with Crippen LogP contribution in [0.25, 0.3) is 0 Å². The van der Waals surface area contributed by atoms with E-state index in [0.29, 0.717) is 0 Å². The predicted octanol–water partition coefficient (Wildman–Crippen LogP) is -0.411. The molecular weight excluding hydrogens is 399 g/mol. The number of hydrogen-bond acceptors (Lipinski definition) is 4. The Morgan fingerprint density at radius 1 is 1.19 bits per heavy atom. The van der Waals surface area contributed by atoms with E-state index in [-0.39, 0.29) is 79.1 Å². The van der Waals surface area contributed by atoms with Crippen LogP contribution in [-0.2, 0) is 20.4 Å². The summed E-state index contributed by atoms with van der Waals surface area (Å²) in [5.41, 5.74) is 0. The maximum absolute atomic E-state index is 12.0. The summed E-state index contributed by atoms with van der Waals surface area (Å²) in [5, 5.41) is -3.20. The van der Waals surface area contributed by atoms with E-state index in [9.17, 15) is 33.9 Å². The van der Waals surface area contributed by atoms with Gasteiger partial charge in [0.2, 0.25) is 10.0 Å². The molecule has 0 aromatic carbocycles. The number of halogens is 4. The van der Waals surface area contributed by atoms with E-state index in [0.717, 1.165) is 0 Å². The second kappa shape index (κ2) is 6.51. The van der Waals surface area contributed by atoms with Crippen molar-refractivity contribution in [1.29, 1.82) is 0 Å². The van der Waals surface area contributed by atoms with Crippen LogP contribution in [0.4, 0.5) is 17.1 Å². The Labute approximate surface area is 148 Å². The first kappa shape index (κ1) is 19.7. The quantitative estimate of drug-likeness (QED) is 0.392. The summed E-state index contributed by atoms with van der Waals surface area (Å²) in [4.78, 5) is 0. The van der Waals surface area contributed by atoms with Gasteiger partial charge in [-0.3, -0.25) is 0 Å². The van der Waals surface area contributed by atoms with Crippen LogP contribution in [-0.4, -0.2) is 97.2 Å². The molecule has 1 unspecified atom stereocenters. The third-order valence-electron chi connectivity index (χ3n) is 1.09. The number of nitrogens with one attached hydrogen (secondary N) is 1. The van der Waals surface area contributed by atoms with Gasteiger partial charge in [0, 0.05) is 0 Å². The summed E-state index contributed by atoms with van der Waals surface area (Å²) in [6.45, 7) is 2.57. The zero-order valence-electron chi connectivity index (χ0n) is 6.82. The molecule has 0 radical (unpaired) electrons. The van der Waals surface area contributed by atoms with Crippen molar-refractivity contribution in [2.75, 3.05) is 0 Å². The van der Waals surface area contributed by atoms with Gasteiger partial charge in [0.05, 0.1) is 0 Å². The molecule has 0 fully saturated rings. The van der Waals surface area contributed by atoms with Crippen molar-refractivity contribution in [3.63, 3.8) is 0 Å². The summed E-state index contributed by atoms with van der Waals surface area (Å²) in [6.07, 6.45) is -5.34. The molecule has 0 bridgehead atoms. The number of hydrogen-bond donors (Lipinski definition) is 1. The van der Waals surface area contributed by atoms with E-state index in [1.165, 1.54) is 0 Å². The molecule has 1 atom stereocenters. The molecule has 0 aromatic rings. The van der Waals surface area contributed by atoms with Gasteiger partial charge in [0.1, 0.15) is 0 Å². The monoisotopic (exact) mass is 405 g/mol. The zero-order valence-corrected chi connectivity index (χ0v) is 8.46. The molecule has 12 heteroatoms. The SMILES string of the molecule is C=CC(C(F)(F)F)S(=O)(=O)NS(=O)(=O)F.[CsH]. The van der Waals surface area contributed by atoms with E-state index in [1.54, 1.807) is 0 Å². The summed E-state index contributed by atoms with van der Waals surface area (Å²) >= 11 is 0. The molecular formula is C4H6CsF4NO4S2. The van der Waals surface area contributed by atoms with Crippen molar-refractivity contribution in [3.8, 4) is 0 Å². The van der Waals surface area contributed by atoms with E-state index >= 15 is 0 Å². The minimum atomic E-state index is -5.78. The van der Waals surface area contributed by atoms with Crippen molar-refractivity contribution in [2.24, 2.45) is 0 Å². The molecule has 0 aromatic heterocycles. The predicted molar refractivity (Wildman–Crippen MR) is 49.3 cm³/mol. The fraction of sp³-hybridized carbons (Fsp3) is 0.500. The number of sulfonamides is 1. The number of alkyl halides is 3. The van der Waals surface area contributed by atoms with Gasteiger partial charge in [-0.15, -0.1) is 6.58 Å². The summed E-state index contributed by atoms with van der Waals surface area (Å²) < 4.78 is 89.1. The molecule has 16 heavy (non-hydrogen) atoms. The van der Waals surface area contributed by atoms with E-state index in [1.807, 2.05) is 0 Å². The second-order valence-corrected chi connectivity index (χ2v) is 5.40. The first-order chi connectivity index (χ1) is 6.40. The molecule has 92 valence electrons. The average Bonchev–Trinajstić information content (AvgIpc) is 1.75. The Hall–Kier alpha value is 1.37. The van der Waals surface area contributed by atoms with Gasteiger partial charge in [0.25, 0.3) is 0 Å². The first-order valence-electron chi connectivity index (χ1n) is 3.06. The Balaban J connectivity index is 0. The Bertz CT molecular complexity index is 441. The molecule has 0 saturated carbocycles. The summed E-state index contributed by atoms with van der Waals surface area (Å²) in [7, 11) is -11.2. The molecule has 1 N–H and O–H groups in total. The van der Waals surface area contributed by atoms with Crippen LogP contribution in [0.5, 0.6) is 0 Å². The third-order valence-corrected chi connectivity index (χ3v) is 3.94. The van der Waals surface area contributed by atoms with Crippen LogP contribution in [0.1, 0.15) is 0 Å². The van der Waals surface area contributed by atoms with Crippen molar-refractivity contribution >= 4 is 89.3 Å². The van der Waals surface area contributed by atoms with Crippen molar-refractivity contribution in [2.45, 2.75) is 11.4 Å². The standard InChI is InChI=1S/C4H5F4NO4S2.Cs.H/c1-2-3(4(5,6)7)14(10,11)9-15(8,12)13;;/h2-3,9H,1H2;;. The van der Waals surface area contributed by atoms with Gasteiger partial charge in [-0.05, 0) is 0 Å². The fourth-order valence-electron chi connectivity index (χ4n) is 0.627. The summed E-state index contributed by atoms with van der Waals surface area (Å²) in [5.74, 6) is 0. The number of rotatable bonds is 4. The molecule has 0 spiro atoms. The molecule has 5 nitrogen and oxygen atoms in total. The fourth-order valence-corrected chi connectivity index (χ4v) is 2.76. The van der Waals surface area contributed by atoms with Crippen LogP contribution in [0.15, 0.2) is 12.7 Å². The second-order valence-electron chi connectivity index (χ2n) is 2.26. The molecule has 0 saturated heterocycles. The maximum atomic E-state index is 12.0. The van der Waals surface area contributed by atoms with Crippen LogP contribution >= 0.6 is 0 Å². The van der Waals surface area contributed by atoms with E-state index < -0.39 is 31.9 Å². The molecule has 0 heterocycles. The first-order valence-corrected chi connectivity index (χ1v) is 5.99. The molecule has 0 aliphatic heterocycles. The minimum absolute atomic E-state index is 0. The molecule has 0 amide bonds. The normalized spacial score (nSPS) is 15.0. The Kier molecular flexibility index (Phi) is 8.02. The van der Waals surface area contributed by atoms with Crippen LogP contribution in [0, 0.1) is 0 Å². The Morgan fingerprint density at radius 3 is 1.75 bits per heavy atom. The van der Waals surface area contributed by atoms with Crippen molar-refractivity contribution in [1.82, 2.24) is 4.13 Å². The van der Waals surface area contributed by atoms with Gasteiger partial charge in [0.15, 0.2) is 5.25 Å². The zero-order chi connectivity index (χ0) is 12.5. The molecule has 0 aliphatic carbocycles. The average molecular weight is 405 g/mol. The summed E-state index contributed by atoms with van der Waals surface area (Å²) in [6, 6.07) is 0. The van der Waals surface area contributed by atoms with Gasteiger partial charge in [-0.2, -0.15) is 21.6 Å². The van der Waals surface area contributed by atoms with Crippen LogP contribution in [0.2, 0.25) is 0 Å². The third kappa shape index (κ3) is 6.95. The van der Waals surface area contributed by atoms with Crippen LogP contribution < -0.4 is 4.13 Å². The molecule has 0 rings (SSSR count). The van der Waals surface area contributed by atoms with Crippen molar-refractivity contribution < 1.29 is 33.9 Å². The topological polar surface area (TPSA) is 80.3 Å². The van der Waals surface area contributed by atoms with Gasteiger partial charge < -0.3 is 0 Å². The van der Waals surface area contributed by atoms with E-state index in [2.05, 4.69) is 6.58 Å². The van der Waals surface area contributed by atoms with Gasteiger partial charge >= 0.3 is 85.5 Å². The van der Waals surface area contributed by atoms with Crippen LogP contribution in [0.3, 0.4) is 0 Å². The van der Waals surface area contributed by atoms with Gasteiger partial charge in [-0.1, -0.05) is 14.1 Å². The Morgan fingerprint density at radius 2 is 1.56 bits per heavy atom. The van der Waals surface area contributed by atoms with Gasteiger partial charge in [-0.25, -0.2) is 8.42 Å². The van der Waals surface area contributed by atoms with Crippen molar-refractivity contribution in [3.05, 3.63) is 12.7 Å². The van der Waals surface area contributed by atoms with E-state index in [4.69, 9.17) is 0 Å².